The van der Waals surface area contributed by atoms with E-state index in [1.165, 1.54) is 25.2 Å². The molecule has 0 spiro atoms. The molecule has 1 aliphatic heterocycles. The Balaban J connectivity index is 1.54. The van der Waals surface area contributed by atoms with E-state index in [0.29, 0.717) is 23.5 Å². The van der Waals surface area contributed by atoms with Crippen molar-refractivity contribution in [2.24, 2.45) is 5.92 Å². The summed E-state index contributed by atoms with van der Waals surface area (Å²) in [7, 11) is 0. The Bertz CT molecular complexity index is 474. The zero-order chi connectivity index (χ0) is 13.9. The minimum atomic E-state index is -0.0125. The maximum atomic E-state index is 12.3. The van der Waals surface area contributed by atoms with Gasteiger partial charge in [0.25, 0.3) is 0 Å². The highest BCUT2D eigenvalue weighted by molar-refractivity contribution is 6.30. The quantitative estimate of drug-likeness (QED) is 0.858. The van der Waals surface area contributed by atoms with Gasteiger partial charge in [-0.3, -0.25) is 4.79 Å². The minimum Gasteiger partial charge on any atom is -0.458 e. The van der Waals surface area contributed by atoms with Gasteiger partial charge in [0.15, 0.2) is 0 Å². The molecule has 0 N–H and O–H groups in total. The van der Waals surface area contributed by atoms with Crippen LogP contribution in [0.1, 0.15) is 32.1 Å². The lowest BCUT2D eigenvalue weighted by atomic mass is 10.1. The van der Waals surface area contributed by atoms with Crippen molar-refractivity contribution in [3.05, 3.63) is 17.4 Å². The van der Waals surface area contributed by atoms with E-state index in [-0.39, 0.29) is 12.0 Å². The summed E-state index contributed by atoms with van der Waals surface area (Å²) < 4.78 is 5.70. The van der Waals surface area contributed by atoms with Gasteiger partial charge < -0.3 is 9.64 Å². The van der Waals surface area contributed by atoms with Crippen LogP contribution in [0.15, 0.2) is 12.4 Å². The summed E-state index contributed by atoms with van der Waals surface area (Å²) in [6.07, 6.45) is 8.31. The standard InChI is InChI=1S/C14H18ClN3O2/c15-11-7-16-14(17-8-11)20-12-5-6-18(9-12)13(19)10-3-1-2-4-10/h7-8,10,12H,1-6,9H2/t12-/m0/s1. The molecule has 108 valence electrons. The number of nitrogens with zero attached hydrogens (tertiary/aromatic N) is 3. The van der Waals surface area contributed by atoms with Crippen LogP contribution >= 0.6 is 11.6 Å². The van der Waals surface area contributed by atoms with E-state index < -0.39 is 0 Å². The smallest absolute Gasteiger partial charge is 0.316 e. The van der Waals surface area contributed by atoms with Gasteiger partial charge in [-0.1, -0.05) is 24.4 Å². The molecule has 6 heteroatoms. The van der Waals surface area contributed by atoms with E-state index in [0.717, 1.165) is 25.8 Å². The first-order valence-corrected chi connectivity index (χ1v) is 7.53. The summed E-state index contributed by atoms with van der Waals surface area (Å²) in [6.45, 7) is 1.41. The van der Waals surface area contributed by atoms with E-state index in [2.05, 4.69) is 9.97 Å². The van der Waals surface area contributed by atoms with Crippen LogP contribution in [0.4, 0.5) is 0 Å². The molecule has 1 saturated heterocycles. The fourth-order valence-electron chi connectivity index (χ4n) is 2.97. The van der Waals surface area contributed by atoms with Gasteiger partial charge in [0.2, 0.25) is 5.91 Å². The van der Waals surface area contributed by atoms with Crippen molar-refractivity contribution in [1.29, 1.82) is 0 Å². The predicted molar refractivity (Wildman–Crippen MR) is 74.6 cm³/mol. The Hall–Kier alpha value is -1.36. The second-order valence-electron chi connectivity index (χ2n) is 5.48. The number of rotatable bonds is 3. The van der Waals surface area contributed by atoms with Gasteiger partial charge in [0, 0.05) is 18.9 Å². The molecule has 1 atom stereocenters. The third-order valence-electron chi connectivity index (χ3n) is 4.03. The van der Waals surface area contributed by atoms with E-state index in [1.54, 1.807) is 0 Å². The van der Waals surface area contributed by atoms with E-state index >= 15 is 0 Å². The average Bonchev–Trinajstić information content (AvgIpc) is 3.12. The minimum absolute atomic E-state index is 0.0125. The van der Waals surface area contributed by atoms with Gasteiger partial charge in [-0.05, 0) is 12.8 Å². The number of ether oxygens (including phenoxy) is 1. The lowest BCUT2D eigenvalue weighted by molar-refractivity contribution is -0.134. The molecule has 0 bridgehead atoms. The van der Waals surface area contributed by atoms with Crippen LogP contribution in [-0.4, -0.2) is 40.0 Å². The molecule has 20 heavy (non-hydrogen) atoms. The van der Waals surface area contributed by atoms with Gasteiger partial charge in [-0.2, -0.15) is 0 Å². The molecule has 1 saturated carbocycles. The fraction of sp³-hybridized carbons (Fsp3) is 0.643. The van der Waals surface area contributed by atoms with Crippen molar-refractivity contribution >= 4 is 17.5 Å². The number of hydrogen-bond acceptors (Lipinski definition) is 4. The van der Waals surface area contributed by atoms with Crippen molar-refractivity contribution in [2.45, 2.75) is 38.2 Å². The molecule has 3 rings (SSSR count). The lowest BCUT2D eigenvalue weighted by Gasteiger charge is -2.20. The largest absolute Gasteiger partial charge is 0.458 e. The Labute approximate surface area is 123 Å². The van der Waals surface area contributed by atoms with Gasteiger partial charge in [0.05, 0.1) is 24.0 Å². The van der Waals surface area contributed by atoms with Crippen molar-refractivity contribution < 1.29 is 9.53 Å². The number of likely N-dealkylation sites (tertiary alicyclic amines) is 1. The molecule has 5 nitrogen and oxygen atoms in total. The molecule has 2 aliphatic rings. The Morgan fingerprint density at radius 3 is 2.65 bits per heavy atom. The van der Waals surface area contributed by atoms with Crippen molar-refractivity contribution in [3.63, 3.8) is 0 Å². The average molecular weight is 296 g/mol. The van der Waals surface area contributed by atoms with Crippen molar-refractivity contribution in [2.75, 3.05) is 13.1 Å². The zero-order valence-corrected chi connectivity index (χ0v) is 12.1. The topological polar surface area (TPSA) is 55.3 Å². The molecule has 1 aliphatic carbocycles. The summed E-state index contributed by atoms with van der Waals surface area (Å²) in [5, 5.41) is 0.488. The number of amides is 1. The monoisotopic (exact) mass is 295 g/mol. The second-order valence-corrected chi connectivity index (χ2v) is 5.91. The fourth-order valence-corrected chi connectivity index (χ4v) is 3.06. The van der Waals surface area contributed by atoms with Crippen LogP contribution in [0.2, 0.25) is 5.02 Å². The third-order valence-corrected chi connectivity index (χ3v) is 4.22. The van der Waals surface area contributed by atoms with Gasteiger partial charge >= 0.3 is 6.01 Å². The highest BCUT2D eigenvalue weighted by Crippen LogP contribution is 2.28. The molecule has 1 aromatic rings. The molecule has 2 fully saturated rings. The maximum Gasteiger partial charge on any atom is 0.316 e. The highest BCUT2D eigenvalue weighted by Gasteiger charge is 2.33. The number of halogens is 1. The summed E-state index contributed by atoms with van der Waals surface area (Å²) in [6, 6.07) is 0.328. The third kappa shape index (κ3) is 3.03. The molecule has 2 heterocycles. The summed E-state index contributed by atoms with van der Waals surface area (Å²) in [5.74, 6) is 0.533. The Morgan fingerprint density at radius 1 is 1.25 bits per heavy atom. The molecule has 1 amide bonds. The molecule has 0 unspecified atom stereocenters. The second kappa shape index (κ2) is 5.95. The summed E-state index contributed by atoms with van der Waals surface area (Å²) in [5.41, 5.74) is 0. The van der Waals surface area contributed by atoms with Crippen LogP contribution in [0.25, 0.3) is 0 Å². The normalized spacial score (nSPS) is 23.2. The van der Waals surface area contributed by atoms with E-state index in [4.69, 9.17) is 16.3 Å². The SMILES string of the molecule is O=C(C1CCCC1)N1CC[C@H](Oc2ncc(Cl)cn2)C1. The first-order valence-electron chi connectivity index (χ1n) is 7.15. The van der Waals surface area contributed by atoms with Crippen LogP contribution in [0.5, 0.6) is 6.01 Å². The number of carbonyl (C=O) groups is 1. The van der Waals surface area contributed by atoms with Crippen LogP contribution in [0.3, 0.4) is 0 Å². The van der Waals surface area contributed by atoms with Crippen LogP contribution in [-0.2, 0) is 4.79 Å². The molecule has 1 aromatic heterocycles. The number of aromatic nitrogens is 2. The first kappa shape index (κ1) is 13.6. The summed E-state index contributed by atoms with van der Waals surface area (Å²) in [4.78, 5) is 22.3. The lowest BCUT2D eigenvalue weighted by Crippen LogP contribution is -2.35. The van der Waals surface area contributed by atoms with Gasteiger partial charge in [-0.25, -0.2) is 9.97 Å². The first-order chi connectivity index (χ1) is 9.72. The molecular weight excluding hydrogens is 278 g/mol. The van der Waals surface area contributed by atoms with E-state index in [9.17, 15) is 4.79 Å². The molecule has 0 aromatic carbocycles. The maximum absolute atomic E-state index is 12.3. The van der Waals surface area contributed by atoms with Gasteiger partial charge in [0.1, 0.15) is 6.10 Å². The Kier molecular flexibility index (Phi) is 4.05. The Morgan fingerprint density at radius 2 is 1.95 bits per heavy atom. The van der Waals surface area contributed by atoms with Gasteiger partial charge in [-0.15, -0.1) is 0 Å². The van der Waals surface area contributed by atoms with E-state index in [1.807, 2.05) is 4.90 Å². The zero-order valence-electron chi connectivity index (χ0n) is 11.3. The summed E-state index contributed by atoms with van der Waals surface area (Å²) >= 11 is 5.73. The van der Waals surface area contributed by atoms with Crippen molar-refractivity contribution in [3.8, 4) is 6.01 Å². The number of hydrogen-bond donors (Lipinski definition) is 0. The van der Waals surface area contributed by atoms with Crippen LogP contribution in [0, 0.1) is 5.92 Å². The van der Waals surface area contributed by atoms with Crippen LogP contribution < -0.4 is 4.74 Å². The highest BCUT2D eigenvalue weighted by atomic mass is 35.5. The molecular formula is C14H18ClN3O2. The predicted octanol–water partition coefficient (Wildman–Crippen LogP) is 2.30. The number of carbonyl (C=O) groups excluding carboxylic acids is 1. The molecule has 0 radical (unpaired) electrons. The van der Waals surface area contributed by atoms with Crippen molar-refractivity contribution in [1.82, 2.24) is 14.9 Å².